The van der Waals surface area contributed by atoms with E-state index >= 15 is 0 Å². The van der Waals surface area contributed by atoms with Crippen LogP contribution in [0.1, 0.15) is 31.1 Å². The summed E-state index contributed by atoms with van der Waals surface area (Å²) >= 11 is 5.74. The summed E-state index contributed by atoms with van der Waals surface area (Å²) in [6, 6.07) is 5.98. The van der Waals surface area contributed by atoms with Gasteiger partial charge in [-0.15, -0.1) is 0 Å². The highest BCUT2D eigenvalue weighted by molar-refractivity contribution is 7.92. The molecular formula is C14H17ClO5S. The summed E-state index contributed by atoms with van der Waals surface area (Å²) in [4.78, 5) is 23.4. The number of hydrogen-bond donors (Lipinski definition) is 0. The molecular weight excluding hydrogens is 316 g/mol. The molecule has 0 heterocycles. The Kier molecular flexibility index (Phi) is 5.53. The number of sulfone groups is 1. The van der Waals surface area contributed by atoms with Crippen molar-refractivity contribution in [3.05, 3.63) is 34.9 Å². The summed E-state index contributed by atoms with van der Waals surface area (Å²) in [5, 5.41) is 0.338. The molecule has 116 valence electrons. The Morgan fingerprint density at radius 1 is 1.19 bits per heavy atom. The largest absolute Gasteiger partial charge is 0.459 e. The maximum Gasteiger partial charge on any atom is 0.321 e. The van der Waals surface area contributed by atoms with E-state index < -0.39 is 38.7 Å². The van der Waals surface area contributed by atoms with Crippen LogP contribution >= 0.6 is 11.6 Å². The number of rotatable bonds is 5. The van der Waals surface area contributed by atoms with E-state index in [0.717, 1.165) is 0 Å². The quantitative estimate of drug-likeness (QED) is 0.610. The van der Waals surface area contributed by atoms with Crippen LogP contribution in [0.4, 0.5) is 0 Å². The van der Waals surface area contributed by atoms with Gasteiger partial charge in [0.2, 0.25) is 0 Å². The van der Waals surface area contributed by atoms with Gasteiger partial charge in [-0.3, -0.25) is 9.59 Å². The molecule has 0 unspecified atom stereocenters. The lowest BCUT2D eigenvalue weighted by Gasteiger charge is -2.19. The van der Waals surface area contributed by atoms with Crippen LogP contribution in [0.2, 0.25) is 5.02 Å². The second-order valence-electron chi connectivity index (χ2n) is 5.55. The summed E-state index contributed by atoms with van der Waals surface area (Å²) in [6.07, 6.45) is 0. The molecule has 1 rings (SSSR count). The van der Waals surface area contributed by atoms with Gasteiger partial charge in [-0.25, -0.2) is 8.42 Å². The topological polar surface area (TPSA) is 77.5 Å². The Labute approximate surface area is 129 Å². The summed E-state index contributed by atoms with van der Waals surface area (Å²) < 4.78 is 28.6. The molecule has 0 fully saturated rings. The van der Waals surface area contributed by atoms with E-state index in [9.17, 15) is 18.0 Å². The van der Waals surface area contributed by atoms with Crippen LogP contribution in [-0.4, -0.2) is 37.3 Å². The minimum atomic E-state index is -3.88. The Morgan fingerprint density at radius 3 is 2.33 bits per heavy atom. The SMILES string of the molecule is CC(C)(C)OC(=O)CS(=O)(=O)CC(=O)c1cccc(Cl)c1. The zero-order valence-electron chi connectivity index (χ0n) is 12.1. The molecule has 7 heteroatoms. The Morgan fingerprint density at radius 2 is 1.81 bits per heavy atom. The van der Waals surface area contributed by atoms with Crippen molar-refractivity contribution in [1.29, 1.82) is 0 Å². The maximum absolute atomic E-state index is 11.9. The van der Waals surface area contributed by atoms with Gasteiger partial charge < -0.3 is 4.74 Å². The fourth-order valence-corrected chi connectivity index (χ4v) is 2.82. The minimum Gasteiger partial charge on any atom is -0.459 e. The van der Waals surface area contributed by atoms with Gasteiger partial charge in [0.25, 0.3) is 0 Å². The average molecular weight is 333 g/mol. The van der Waals surface area contributed by atoms with Crippen molar-refractivity contribution in [2.45, 2.75) is 26.4 Å². The Hall–Kier alpha value is -1.40. The third-order valence-corrected chi connectivity index (χ3v) is 3.87. The maximum atomic E-state index is 11.9. The molecule has 1 aromatic carbocycles. The van der Waals surface area contributed by atoms with Gasteiger partial charge in [-0.05, 0) is 32.9 Å². The van der Waals surface area contributed by atoms with Crippen LogP contribution in [-0.2, 0) is 19.4 Å². The molecule has 0 bridgehead atoms. The summed E-state index contributed by atoms with van der Waals surface area (Å²) in [7, 11) is -3.88. The normalized spacial score (nSPS) is 12.0. The fourth-order valence-electron chi connectivity index (χ4n) is 1.55. The van der Waals surface area contributed by atoms with Crippen molar-refractivity contribution < 1.29 is 22.7 Å². The van der Waals surface area contributed by atoms with Gasteiger partial charge in [-0.2, -0.15) is 0 Å². The molecule has 5 nitrogen and oxygen atoms in total. The van der Waals surface area contributed by atoms with Crippen molar-refractivity contribution in [2.75, 3.05) is 11.5 Å². The number of benzene rings is 1. The van der Waals surface area contributed by atoms with Crippen molar-refractivity contribution >= 4 is 33.2 Å². The molecule has 21 heavy (non-hydrogen) atoms. The molecule has 0 saturated carbocycles. The number of carbonyl (C=O) groups excluding carboxylic acids is 2. The van der Waals surface area contributed by atoms with Gasteiger partial charge in [0, 0.05) is 10.6 Å². The van der Waals surface area contributed by atoms with Crippen molar-refractivity contribution in [3.63, 3.8) is 0 Å². The van der Waals surface area contributed by atoms with Crippen LogP contribution in [0, 0.1) is 0 Å². The van der Waals surface area contributed by atoms with Crippen LogP contribution < -0.4 is 0 Å². The number of ether oxygens (including phenoxy) is 1. The van der Waals surface area contributed by atoms with Crippen molar-refractivity contribution in [3.8, 4) is 0 Å². The van der Waals surface area contributed by atoms with E-state index in [2.05, 4.69) is 0 Å². The first-order valence-electron chi connectivity index (χ1n) is 6.19. The van der Waals surface area contributed by atoms with Crippen LogP contribution in [0.15, 0.2) is 24.3 Å². The molecule has 0 atom stereocenters. The second-order valence-corrected chi connectivity index (χ2v) is 8.05. The molecule has 0 aliphatic heterocycles. The second kappa shape index (κ2) is 6.58. The van der Waals surface area contributed by atoms with Gasteiger partial charge in [0.15, 0.2) is 15.6 Å². The number of esters is 1. The highest BCUT2D eigenvalue weighted by Gasteiger charge is 2.25. The highest BCUT2D eigenvalue weighted by Crippen LogP contribution is 2.13. The summed E-state index contributed by atoms with van der Waals surface area (Å²) in [6.45, 7) is 4.90. The lowest BCUT2D eigenvalue weighted by Crippen LogP contribution is -2.30. The number of Topliss-reactive ketones (excluding diaryl/α,β-unsaturated/α-hetero) is 1. The Balaban J connectivity index is 2.73. The van der Waals surface area contributed by atoms with Crippen LogP contribution in [0.25, 0.3) is 0 Å². The van der Waals surface area contributed by atoms with E-state index in [1.165, 1.54) is 12.1 Å². The lowest BCUT2D eigenvalue weighted by atomic mass is 10.1. The number of hydrogen-bond acceptors (Lipinski definition) is 5. The summed E-state index contributed by atoms with van der Waals surface area (Å²) in [5.41, 5.74) is -0.584. The zero-order valence-corrected chi connectivity index (χ0v) is 13.6. The molecule has 0 aliphatic carbocycles. The van der Waals surface area contributed by atoms with Gasteiger partial charge in [0.05, 0.1) is 0 Å². The first-order chi connectivity index (χ1) is 9.48. The Bertz CT molecular complexity index is 644. The van der Waals surface area contributed by atoms with Crippen molar-refractivity contribution in [1.82, 2.24) is 0 Å². The van der Waals surface area contributed by atoms with E-state index in [1.54, 1.807) is 32.9 Å². The smallest absolute Gasteiger partial charge is 0.321 e. The standard InChI is InChI=1S/C14H17ClO5S/c1-14(2,3)20-13(17)9-21(18,19)8-12(16)10-5-4-6-11(15)7-10/h4-7H,8-9H2,1-3H3. The average Bonchev–Trinajstić information content (AvgIpc) is 2.24. The van der Waals surface area contributed by atoms with E-state index in [0.29, 0.717) is 5.02 Å². The first-order valence-corrected chi connectivity index (χ1v) is 8.39. The third kappa shape index (κ3) is 6.73. The first kappa shape index (κ1) is 17.7. The van der Waals surface area contributed by atoms with Crippen LogP contribution in [0.3, 0.4) is 0 Å². The third-order valence-electron chi connectivity index (χ3n) is 2.26. The minimum absolute atomic E-state index is 0.190. The van der Waals surface area contributed by atoms with Crippen LogP contribution in [0.5, 0.6) is 0 Å². The number of ketones is 1. The molecule has 0 N–H and O–H groups in total. The lowest BCUT2D eigenvalue weighted by molar-refractivity contribution is -0.151. The molecule has 0 aromatic heterocycles. The molecule has 0 aliphatic rings. The van der Waals surface area contributed by atoms with E-state index in [1.807, 2.05) is 0 Å². The van der Waals surface area contributed by atoms with E-state index in [-0.39, 0.29) is 5.56 Å². The van der Waals surface area contributed by atoms with Crippen molar-refractivity contribution in [2.24, 2.45) is 0 Å². The van der Waals surface area contributed by atoms with Gasteiger partial charge in [0.1, 0.15) is 17.1 Å². The zero-order chi connectivity index (χ0) is 16.3. The molecule has 0 radical (unpaired) electrons. The molecule has 1 aromatic rings. The van der Waals surface area contributed by atoms with Gasteiger partial charge >= 0.3 is 5.97 Å². The molecule has 0 saturated heterocycles. The predicted octanol–water partition coefficient (Wildman–Crippen LogP) is 2.28. The van der Waals surface area contributed by atoms with Gasteiger partial charge in [-0.1, -0.05) is 23.7 Å². The number of halogens is 1. The summed E-state index contributed by atoms with van der Waals surface area (Å²) in [5.74, 6) is -3.06. The molecule has 0 spiro atoms. The predicted molar refractivity (Wildman–Crippen MR) is 80.3 cm³/mol. The number of carbonyl (C=O) groups is 2. The fraction of sp³-hybridized carbons (Fsp3) is 0.429. The highest BCUT2D eigenvalue weighted by atomic mass is 35.5. The van der Waals surface area contributed by atoms with E-state index in [4.69, 9.17) is 16.3 Å². The molecule has 0 amide bonds. The monoisotopic (exact) mass is 332 g/mol.